The van der Waals surface area contributed by atoms with E-state index in [1.54, 1.807) is 24.3 Å². The zero-order valence-electron chi connectivity index (χ0n) is 17.0. The number of anilines is 1. The summed E-state index contributed by atoms with van der Waals surface area (Å²) in [5.41, 5.74) is 0.511. The second kappa shape index (κ2) is 10.7. The molecule has 0 aliphatic heterocycles. The van der Waals surface area contributed by atoms with E-state index < -0.39 is 10.0 Å². The Morgan fingerprint density at radius 1 is 1.10 bits per heavy atom. The number of methoxy groups -OCH3 is 1. The molecular weight excluding hydrogens is 392 g/mol. The van der Waals surface area contributed by atoms with E-state index in [4.69, 9.17) is 9.47 Å². The van der Waals surface area contributed by atoms with Gasteiger partial charge in [0, 0.05) is 19.0 Å². The number of carbonyl (C=O) groups is 1. The van der Waals surface area contributed by atoms with Crippen LogP contribution in [0.1, 0.15) is 19.8 Å². The van der Waals surface area contributed by atoms with Crippen molar-refractivity contribution in [3.05, 3.63) is 54.6 Å². The van der Waals surface area contributed by atoms with Gasteiger partial charge in [0.2, 0.25) is 15.9 Å². The maximum absolute atomic E-state index is 12.2. The SMILES string of the molecule is COc1cccc(N(CCCC(=O)N[C@@H](C)COc2ccccc2)S(C)(=O)=O)c1. The van der Waals surface area contributed by atoms with Crippen molar-refractivity contribution in [3.8, 4) is 11.5 Å². The molecule has 0 fully saturated rings. The molecule has 0 unspecified atom stereocenters. The highest BCUT2D eigenvalue weighted by Gasteiger charge is 2.18. The number of benzene rings is 2. The molecule has 0 bridgehead atoms. The van der Waals surface area contributed by atoms with Gasteiger partial charge in [-0.1, -0.05) is 24.3 Å². The van der Waals surface area contributed by atoms with Gasteiger partial charge in [0.25, 0.3) is 0 Å². The molecule has 8 heteroatoms. The van der Waals surface area contributed by atoms with Crippen molar-refractivity contribution in [2.24, 2.45) is 0 Å². The van der Waals surface area contributed by atoms with Gasteiger partial charge in [0.15, 0.2) is 0 Å². The van der Waals surface area contributed by atoms with Gasteiger partial charge < -0.3 is 14.8 Å². The number of nitrogens with zero attached hydrogens (tertiary/aromatic N) is 1. The highest BCUT2D eigenvalue weighted by atomic mass is 32.2. The molecule has 0 aliphatic rings. The Kier molecular flexibility index (Phi) is 8.33. The van der Waals surface area contributed by atoms with Crippen molar-refractivity contribution in [1.29, 1.82) is 0 Å². The van der Waals surface area contributed by atoms with E-state index in [1.165, 1.54) is 11.4 Å². The molecule has 0 heterocycles. The first-order valence-corrected chi connectivity index (χ1v) is 11.2. The Bertz CT molecular complexity index is 887. The first kappa shape index (κ1) is 22.5. The number of para-hydroxylation sites is 1. The number of carbonyl (C=O) groups excluding carboxylic acids is 1. The van der Waals surface area contributed by atoms with Crippen molar-refractivity contribution < 1.29 is 22.7 Å². The molecule has 7 nitrogen and oxygen atoms in total. The quantitative estimate of drug-likeness (QED) is 0.604. The van der Waals surface area contributed by atoms with Gasteiger partial charge in [-0.05, 0) is 37.6 Å². The van der Waals surface area contributed by atoms with E-state index >= 15 is 0 Å². The normalized spacial score (nSPS) is 12.1. The zero-order valence-corrected chi connectivity index (χ0v) is 17.8. The van der Waals surface area contributed by atoms with Gasteiger partial charge >= 0.3 is 0 Å². The summed E-state index contributed by atoms with van der Waals surface area (Å²) in [5, 5.41) is 2.87. The number of rotatable bonds is 11. The standard InChI is InChI=1S/C21H28N2O5S/c1-17(16-28-19-10-5-4-6-11-19)22-21(24)13-8-14-23(29(3,25)26)18-9-7-12-20(15-18)27-2/h4-7,9-12,15,17H,8,13-14,16H2,1-3H3,(H,22,24)/t17-/m0/s1. The highest BCUT2D eigenvalue weighted by molar-refractivity contribution is 7.92. The molecule has 0 saturated carbocycles. The molecule has 29 heavy (non-hydrogen) atoms. The molecular formula is C21H28N2O5S. The lowest BCUT2D eigenvalue weighted by Crippen LogP contribution is -2.37. The molecule has 0 spiro atoms. The molecule has 0 saturated heterocycles. The van der Waals surface area contributed by atoms with Gasteiger partial charge in [-0.3, -0.25) is 9.10 Å². The van der Waals surface area contributed by atoms with E-state index in [0.29, 0.717) is 24.5 Å². The maximum Gasteiger partial charge on any atom is 0.232 e. The van der Waals surface area contributed by atoms with Crippen LogP contribution in [0.2, 0.25) is 0 Å². The van der Waals surface area contributed by atoms with Crippen LogP contribution in [-0.4, -0.2) is 46.9 Å². The highest BCUT2D eigenvalue weighted by Crippen LogP contribution is 2.23. The van der Waals surface area contributed by atoms with Gasteiger partial charge in [0.1, 0.15) is 18.1 Å². The Labute approximate surface area is 172 Å². The van der Waals surface area contributed by atoms with E-state index in [9.17, 15) is 13.2 Å². The van der Waals surface area contributed by atoms with Crippen molar-refractivity contribution >= 4 is 21.6 Å². The van der Waals surface area contributed by atoms with Crippen molar-refractivity contribution in [2.45, 2.75) is 25.8 Å². The molecule has 0 radical (unpaired) electrons. The summed E-state index contributed by atoms with van der Waals surface area (Å²) in [6, 6.07) is 16.1. The molecule has 1 N–H and O–H groups in total. The molecule has 0 aliphatic carbocycles. The summed E-state index contributed by atoms with van der Waals surface area (Å²) in [6.07, 6.45) is 1.75. The van der Waals surface area contributed by atoms with Crippen molar-refractivity contribution in [1.82, 2.24) is 5.32 Å². The maximum atomic E-state index is 12.2. The number of amides is 1. The largest absolute Gasteiger partial charge is 0.497 e. The lowest BCUT2D eigenvalue weighted by atomic mass is 10.2. The van der Waals surface area contributed by atoms with Crippen LogP contribution < -0.4 is 19.1 Å². The molecule has 2 rings (SSSR count). The minimum atomic E-state index is -3.48. The average molecular weight is 421 g/mol. The lowest BCUT2D eigenvalue weighted by molar-refractivity contribution is -0.121. The molecule has 1 amide bonds. The zero-order chi connectivity index (χ0) is 21.3. The summed E-state index contributed by atoms with van der Waals surface area (Å²) in [5.74, 6) is 1.17. The Hall–Kier alpha value is -2.74. The first-order valence-electron chi connectivity index (χ1n) is 9.38. The van der Waals surface area contributed by atoms with Gasteiger partial charge in [0.05, 0.1) is 25.1 Å². The number of nitrogens with one attached hydrogen (secondary N) is 1. The fraction of sp³-hybridized carbons (Fsp3) is 0.381. The topological polar surface area (TPSA) is 84.9 Å². The molecule has 158 valence electrons. The second-order valence-electron chi connectivity index (χ2n) is 6.73. The van der Waals surface area contributed by atoms with E-state index in [1.807, 2.05) is 37.3 Å². The molecule has 1 atom stereocenters. The summed E-state index contributed by atoms with van der Waals surface area (Å²) >= 11 is 0. The number of sulfonamides is 1. The summed E-state index contributed by atoms with van der Waals surface area (Å²) in [6.45, 7) is 2.42. The fourth-order valence-electron chi connectivity index (χ4n) is 2.76. The van der Waals surface area contributed by atoms with E-state index in [0.717, 1.165) is 12.0 Å². The molecule has 2 aromatic carbocycles. The third kappa shape index (κ3) is 7.65. The summed E-state index contributed by atoms with van der Waals surface area (Å²) in [7, 11) is -1.95. The van der Waals surface area contributed by atoms with Crippen LogP contribution in [0.5, 0.6) is 11.5 Å². The monoisotopic (exact) mass is 420 g/mol. The van der Waals surface area contributed by atoms with E-state index in [-0.39, 0.29) is 24.9 Å². The van der Waals surface area contributed by atoms with Crippen LogP contribution in [0.15, 0.2) is 54.6 Å². The van der Waals surface area contributed by atoms with Crippen LogP contribution in [0.4, 0.5) is 5.69 Å². The van der Waals surface area contributed by atoms with Crippen LogP contribution in [-0.2, 0) is 14.8 Å². The smallest absolute Gasteiger partial charge is 0.232 e. The van der Waals surface area contributed by atoms with Crippen LogP contribution in [0.3, 0.4) is 0 Å². The third-order valence-electron chi connectivity index (χ3n) is 4.16. The van der Waals surface area contributed by atoms with Crippen LogP contribution in [0.25, 0.3) is 0 Å². The second-order valence-corrected chi connectivity index (χ2v) is 8.64. The summed E-state index contributed by atoms with van der Waals surface area (Å²) in [4.78, 5) is 12.2. The number of hydrogen-bond acceptors (Lipinski definition) is 5. The van der Waals surface area contributed by atoms with Crippen LogP contribution >= 0.6 is 0 Å². The van der Waals surface area contributed by atoms with Crippen molar-refractivity contribution in [2.75, 3.05) is 30.8 Å². The predicted molar refractivity (Wildman–Crippen MR) is 114 cm³/mol. The lowest BCUT2D eigenvalue weighted by Gasteiger charge is -2.23. The van der Waals surface area contributed by atoms with Gasteiger partial charge in [-0.25, -0.2) is 8.42 Å². The summed E-state index contributed by atoms with van der Waals surface area (Å²) < 4.78 is 36.4. The average Bonchev–Trinajstić information content (AvgIpc) is 2.69. The predicted octanol–water partition coefficient (Wildman–Crippen LogP) is 2.83. The van der Waals surface area contributed by atoms with Gasteiger partial charge in [-0.15, -0.1) is 0 Å². The van der Waals surface area contributed by atoms with Crippen LogP contribution in [0, 0.1) is 0 Å². The van der Waals surface area contributed by atoms with Gasteiger partial charge in [-0.2, -0.15) is 0 Å². The molecule has 2 aromatic rings. The Morgan fingerprint density at radius 3 is 2.45 bits per heavy atom. The van der Waals surface area contributed by atoms with Crippen molar-refractivity contribution in [3.63, 3.8) is 0 Å². The number of hydrogen-bond donors (Lipinski definition) is 1. The third-order valence-corrected chi connectivity index (χ3v) is 5.35. The van der Waals surface area contributed by atoms with E-state index in [2.05, 4.69) is 5.32 Å². The minimum Gasteiger partial charge on any atom is -0.497 e. The first-order chi connectivity index (χ1) is 13.8. The number of ether oxygens (including phenoxy) is 2. The molecule has 0 aromatic heterocycles. The Balaban J connectivity index is 1.83. The minimum absolute atomic E-state index is 0.145. The Morgan fingerprint density at radius 2 is 1.79 bits per heavy atom. The fourth-order valence-corrected chi connectivity index (χ4v) is 3.72.